The van der Waals surface area contributed by atoms with Crippen LogP contribution in [0.15, 0.2) is 30.6 Å². The summed E-state index contributed by atoms with van der Waals surface area (Å²) in [6.45, 7) is 2.10. The van der Waals surface area contributed by atoms with Crippen LogP contribution in [0.4, 0.5) is 0 Å². The molecule has 0 aliphatic carbocycles. The predicted molar refractivity (Wildman–Crippen MR) is 91.2 cm³/mol. The molecule has 4 rings (SSSR count). The molecule has 7 nitrogen and oxygen atoms in total. The molecular formula is C18H22N4O3. The van der Waals surface area contributed by atoms with Crippen LogP contribution in [0, 0.1) is 0 Å². The third-order valence-corrected chi connectivity index (χ3v) is 4.75. The summed E-state index contributed by atoms with van der Waals surface area (Å²) in [6, 6.07) is 6.02. The van der Waals surface area contributed by atoms with Gasteiger partial charge in [0.15, 0.2) is 11.5 Å². The first-order chi connectivity index (χ1) is 12.2. The fourth-order valence-electron chi connectivity index (χ4n) is 3.50. The minimum atomic E-state index is 0.0356. The molecule has 1 amide bonds. The van der Waals surface area contributed by atoms with E-state index in [0.29, 0.717) is 13.1 Å². The Balaban J connectivity index is 1.32. The molecule has 1 atom stereocenters. The molecule has 0 bridgehead atoms. The van der Waals surface area contributed by atoms with E-state index in [0.717, 1.165) is 36.4 Å². The molecule has 132 valence electrons. The average molecular weight is 342 g/mol. The summed E-state index contributed by atoms with van der Waals surface area (Å²) in [5, 5.41) is 7.24. The quantitative estimate of drug-likeness (QED) is 0.894. The summed E-state index contributed by atoms with van der Waals surface area (Å²) in [4.78, 5) is 14.6. The molecule has 1 unspecified atom stereocenters. The second-order valence-corrected chi connectivity index (χ2v) is 6.54. The van der Waals surface area contributed by atoms with Crippen molar-refractivity contribution in [1.29, 1.82) is 0 Å². The molecule has 0 radical (unpaired) electrons. The number of rotatable bonds is 5. The van der Waals surface area contributed by atoms with E-state index in [-0.39, 0.29) is 18.7 Å². The first-order valence-corrected chi connectivity index (χ1v) is 8.57. The Morgan fingerprint density at radius 1 is 1.36 bits per heavy atom. The lowest BCUT2D eigenvalue weighted by molar-refractivity contribution is -0.122. The minimum absolute atomic E-state index is 0.0356. The SMILES string of the molecule is Cn1cc(C2CCCN2CC(=O)NCc2ccc3c(c2)OCO3)cn1. The van der Waals surface area contributed by atoms with Crippen LogP contribution in [0.5, 0.6) is 11.5 Å². The van der Waals surface area contributed by atoms with Crippen molar-refractivity contribution in [3.63, 3.8) is 0 Å². The molecule has 1 aromatic carbocycles. The third kappa shape index (κ3) is 3.46. The summed E-state index contributed by atoms with van der Waals surface area (Å²) in [5.74, 6) is 1.53. The van der Waals surface area contributed by atoms with Gasteiger partial charge in [0.05, 0.1) is 12.7 Å². The Bertz CT molecular complexity index is 773. The van der Waals surface area contributed by atoms with E-state index in [1.54, 1.807) is 0 Å². The van der Waals surface area contributed by atoms with Crippen molar-refractivity contribution < 1.29 is 14.3 Å². The van der Waals surface area contributed by atoms with Crippen LogP contribution in [0.3, 0.4) is 0 Å². The lowest BCUT2D eigenvalue weighted by atomic mass is 10.1. The monoisotopic (exact) mass is 342 g/mol. The largest absolute Gasteiger partial charge is 0.454 e. The summed E-state index contributed by atoms with van der Waals surface area (Å²) >= 11 is 0. The van der Waals surface area contributed by atoms with Crippen molar-refractivity contribution in [3.8, 4) is 11.5 Å². The van der Waals surface area contributed by atoms with Crippen LogP contribution in [-0.2, 0) is 18.4 Å². The van der Waals surface area contributed by atoms with Crippen LogP contribution in [0.25, 0.3) is 0 Å². The fraction of sp³-hybridized carbons (Fsp3) is 0.444. The molecule has 1 saturated heterocycles. The molecule has 1 N–H and O–H groups in total. The number of amides is 1. The van der Waals surface area contributed by atoms with Crippen molar-refractivity contribution in [2.24, 2.45) is 7.05 Å². The van der Waals surface area contributed by atoms with E-state index >= 15 is 0 Å². The highest BCUT2D eigenvalue weighted by atomic mass is 16.7. The van der Waals surface area contributed by atoms with Gasteiger partial charge in [-0.05, 0) is 37.1 Å². The number of ether oxygens (including phenoxy) is 2. The summed E-state index contributed by atoms with van der Waals surface area (Å²) in [7, 11) is 1.92. The van der Waals surface area contributed by atoms with E-state index < -0.39 is 0 Å². The molecule has 2 aliphatic rings. The van der Waals surface area contributed by atoms with E-state index in [9.17, 15) is 4.79 Å². The number of nitrogens with one attached hydrogen (secondary N) is 1. The van der Waals surface area contributed by atoms with Gasteiger partial charge in [0.25, 0.3) is 0 Å². The van der Waals surface area contributed by atoms with E-state index in [2.05, 4.69) is 15.3 Å². The molecule has 0 spiro atoms. The van der Waals surface area contributed by atoms with Gasteiger partial charge in [-0.25, -0.2) is 0 Å². The molecular weight excluding hydrogens is 320 g/mol. The number of nitrogens with zero attached hydrogens (tertiary/aromatic N) is 3. The van der Waals surface area contributed by atoms with Gasteiger partial charge in [-0.15, -0.1) is 0 Å². The van der Waals surface area contributed by atoms with Crippen LogP contribution in [0.1, 0.15) is 30.0 Å². The predicted octanol–water partition coefficient (Wildman–Crippen LogP) is 1.60. The Labute approximate surface area is 146 Å². The van der Waals surface area contributed by atoms with Gasteiger partial charge < -0.3 is 14.8 Å². The summed E-state index contributed by atoms with van der Waals surface area (Å²) in [6.07, 6.45) is 6.11. The van der Waals surface area contributed by atoms with Crippen LogP contribution < -0.4 is 14.8 Å². The van der Waals surface area contributed by atoms with Gasteiger partial charge in [0, 0.05) is 31.4 Å². The second-order valence-electron chi connectivity index (χ2n) is 6.54. The van der Waals surface area contributed by atoms with Crippen molar-refractivity contribution in [2.75, 3.05) is 19.9 Å². The average Bonchev–Trinajstić information content (AvgIpc) is 3.32. The van der Waals surface area contributed by atoms with E-state index in [1.807, 2.05) is 42.3 Å². The molecule has 25 heavy (non-hydrogen) atoms. The number of hydrogen-bond donors (Lipinski definition) is 1. The van der Waals surface area contributed by atoms with E-state index in [4.69, 9.17) is 9.47 Å². The topological polar surface area (TPSA) is 68.6 Å². The minimum Gasteiger partial charge on any atom is -0.454 e. The zero-order chi connectivity index (χ0) is 17.2. The normalized spacial score (nSPS) is 19.3. The highest BCUT2D eigenvalue weighted by Gasteiger charge is 2.28. The highest BCUT2D eigenvalue weighted by Crippen LogP contribution is 2.33. The van der Waals surface area contributed by atoms with Crippen molar-refractivity contribution >= 4 is 5.91 Å². The maximum atomic E-state index is 12.4. The fourth-order valence-corrected chi connectivity index (χ4v) is 3.50. The van der Waals surface area contributed by atoms with Crippen molar-refractivity contribution in [2.45, 2.75) is 25.4 Å². The van der Waals surface area contributed by atoms with Gasteiger partial charge in [0.2, 0.25) is 12.7 Å². The lowest BCUT2D eigenvalue weighted by Gasteiger charge is -2.22. The molecule has 1 fully saturated rings. The number of aromatic nitrogens is 2. The summed E-state index contributed by atoms with van der Waals surface area (Å²) in [5.41, 5.74) is 2.19. The number of aryl methyl sites for hydroxylation is 1. The molecule has 7 heteroatoms. The number of carbonyl (C=O) groups is 1. The number of hydrogen-bond acceptors (Lipinski definition) is 5. The lowest BCUT2D eigenvalue weighted by Crippen LogP contribution is -2.36. The number of carbonyl (C=O) groups excluding carboxylic acids is 1. The molecule has 0 saturated carbocycles. The number of likely N-dealkylation sites (tertiary alicyclic amines) is 1. The maximum absolute atomic E-state index is 12.4. The van der Waals surface area contributed by atoms with Crippen LogP contribution in [-0.4, -0.2) is 40.5 Å². The highest BCUT2D eigenvalue weighted by molar-refractivity contribution is 5.78. The second kappa shape index (κ2) is 6.76. The Morgan fingerprint density at radius 2 is 2.24 bits per heavy atom. The van der Waals surface area contributed by atoms with Crippen molar-refractivity contribution in [3.05, 3.63) is 41.7 Å². The van der Waals surface area contributed by atoms with Crippen molar-refractivity contribution in [1.82, 2.24) is 20.0 Å². The Morgan fingerprint density at radius 3 is 3.08 bits per heavy atom. The van der Waals surface area contributed by atoms with Crippen LogP contribution >= 0.6 is 0 Å². The van der Waals surface area contributed by atoms with Gasteiger partial charge in [-0.3, -0.25) is 14.4 Å². The van der Waals surface area contributed by atoms with Gasteiger partial charge in [0.1, 0.15) is 0 Å². The summed E-state index contributed by atoms with van der Waals surface area (Å²) < 4.78 is 12.5. The zero-order valence-electron chi connectivity index (χ0n) is 14.3. The third-order valence-electron chi connectivity index (χ3n) is 4.75. The van der Waals surface area contributed by atoms with Gasteiger partial charge >= 0.3 is 0 Å². The van der Waals surface area contributed by atoms with E-state index in [1.165, 1.54) is 5.56 Å². The Hall–Kier alpha value is -2.54. The number of benzene rings is 1. The number of fused-ring (bicyclic) bond motifs is 1. The van der Waals surface area contributed by atoms with Gasteiger partial charge in [-0.2, -0.15) is 5.10 Å². The molecule has 2 aromatic rings. The van der Waals surface area contributed by atoms with Crippen LogP contribution in [0.2, 0.25) is 0 Å². The maximum Gasteiger partial charge on any atom is 0.234 e. The first kappa shape index (κ1) is 16.0. The zero-order valence-corrected chi connectivity index (χ0v) is 14.3. The molecule has 3 heterocycles. The molecule has 2 aliphatic heterocycles. The Kier molecular flexibility index (Phi) is 4.31. The molecule has 1 aromatic heterocycles. The standard InChI is InChI=1S/C18H22N4O3/c1-21-10-14(9-20-21)15-3-2-6-22(15)11-18(23)19-8-13-4-5-16-17(7-13)25-12-24-16/h4-5,7,9-10,15H,2-3,6,8,11-12H2,1H3,(H,19,23). The smallest absolute Gasteiger partial charge is 0.234 e. The van der Waals surface area contributed by atoms with Gasteiger partial charge in [-0.1, -0.05) is 6.07 Å². The first-order valence-electron chi connectivity index (χ1n) is 8.57.